The van der Waals surface area contributed by atoms with E-state index in [1.807, 2.05) is 12.1 Å². The second kappa shape index (κ2) is 8.05. The summed E-state index contributed by atoms with van der Waals surface area (Å²) in [5, 5.41) is 0.673. The highest BCUT2D eigenvalue weighted by atomic mass is 35.5. The van der Waals surface area contributed by atoms with Gasteiger partial charge in [0, 0.05) is 21.9 Å². The fourth-order valence-electron chi connectivity index (χ4n) is 1.95. The Labute approximate surface area is 151 Å². The first-order valence-electron chi connectivity index (χ1n) is 7.13. The average molecular weight is 385 g/mol. The second-order valence-corrected chi connectivity index (χ2v) is 8.81. The SMILES string of the molecule is Cc1ccc(S(C)(=O)=O)cc1C(=O)OCCSc1ccc(Cl)cc1. The summed E-state index contributed by atoms with van der Waals surface area (Å²) >= 11 is 7.37. The Balaban J connectivity index is 1.94. The van der Waals surface area contributed by atoms with E-state index in [1.165, 1.54) is 12.1 Å². The Hall–Kier alpha value is -1.50. The number of benzene rings is 2. The Morgan fingerprint density at radius 3 is 2.46 bits per heavy atom. The highest BCUT2D eigenvalue weighted by Gasteiger charge is 2.15. The van der Waals surface area contributed by atoms with Gasteiger partial charge in [-0.25, -0.2) is 13.2 Å². The van der Waals surface area contributed by atoms with Crippen LogP contribution in [0.4, 0.5) is 0 Å². The van der Waals surface area contributed by atoms with Gasteiger partial charge in [0.2, 0.25) is 0 Å². The lowest BCUT2D eigenvalue weighted by Crippen LogP contribution is -2.11. The fraction of sp³-hybridized carbons (Fsp3) is 0.235. The van der Waals surface area contributed by atoms with Crippen molar-refractivity contribution in [1.82, 2.24) is 0 Å². The largest absolute Gasteiger partial charge is 0.461 e. The molecule has 0 aromatic heterocycles. The lowest BCUT2D eigenvalue weighted by molar-refractivity contribution is 0.0529. The van der Waals surface area contributed by atoms with Crippen LogP contribution in [-0.2, 0) is 14.6 Å². The van der Waals surface area contributed by atoms with Gasteiger partial charge >= 0.3 is 5.97 Å². The highest BCUT2D eigenvalue weighted by Crippen LogP contribution is 2.21. The van der Waals surface area contributed by atoms with Gasteiger partial charge in [0.15, 0.2) is 9.84 Å². The molecule has 0 atom stereocenters. The van der Waals surface area contributed by atoms with Gasteiger partial charge in [-0.15, -0.1) is 11.8 Å². The van der Waals surface area contributed by atoms with Crippen molar-refractivity contribution >= 4 is 39.2 Å². The number of aryl methyl sites for hydroxylation is 1. The molecule has 0 N–H and O–H groups in total. The molecule has 4 nitrogen and oxygen atoms in total. The minimum absolute atomic E-state index is 0.107. The van der Waals surface area contributed by atoms with Crippen molar-refractivity contribution in [2.75, 3.05) is 18.6 Å². The molecule has 0 spiro atoms. The molecule has 0 bridgehead atoms. The van der Waals surface area contributed by atoms with Gasteiger partial charge < -0.3 is 4.74 Å². The number of hydrogen-bond donors (Lipinski definition) is 0. The van der Waals surface area contributed by atoms with Crippen LogP contribution in [0.25, 0.3) is 0 Å². The molecule has 2 aromatic carbocycles. The van der Waals surface area contributed by atoms with Crippen LogP contribution < -0.4 is 0 Å². The first-order chi connectivity index (χ1) is 11.3. The quantitative estimate of drug-likeness (QED) is 0.428. The number of esters is 1. The molecule has 2 aromatic rings. The molecule has 0 saturated heterocycles. The van der Waals surface area contributed by atoms with Gasteiger partial charge in [0.05, 0.1) is 10.5 Å². The van der Waals surface area contributed by atoms with Crippen molar-refractivity contribution < 1.29 is 17.9 Å². The van der Waals surface area contributed by atoms with Crippen LogP contribution in [0.15, 0.2) is 52.3 Å². The van der Waals surface area contributed by atoms with E-state index >= 15 is 0 Å². The van der Waals surface area contributed by atoms with Crippen molar-refractivity contribution in [3.8, 4) is 0 Å². The van der Waals surface area contributed by atoms with E-state index in [0.29, 0.717) is 16.3 Å². The van der Waals surface area contributed by atoms with Crippen molar-refractivity contribution in [1.29, 1.82) is 0 Å². The van der Waals surface area contributed by atoms with E-state index in [9.17, 15) is 13.2 Å². The Kier molecular flexibility index (Phi) is 6.32. The zero-order valence-corrected chi connectivity index (χ0v) is 15.7. The topological polar surface area (TPSA) is 60.4 Å². The minimum atomic E-state index is -3.36. The molecule has 0 radical (unpaired) electrons. The highest BCUT2D eigenvalue weighted by molar-refractivity contribution is 7.99. The minimum Gasteiger partial charge on any atom is -0.461 e. The van der Waals surface area contributed by atoms with Crippen LogP contribution in [0, 0.1) is 6.92 Å². The van der Waals surface area contributed by atoms with E-state index in [2.05, 4.69) is 0 Å². The second-order valence-electron chi connectivity index (χ2n) is 5.19. The number of carbonyl (C=O) groups excluding carboxylic acids is 1. The van der Waals surface area contributed by atoms with Crippen molar-refractivity contribution in [2.24, 2.45) is 0 Å². The number of rotatable bonds is 6. The van der Waals surface area contributed by atoms with Crippen LogP contribution in [0.2, 0.25) is 5.02 Å². The van der Waals surface area contributed by atoms with E-state index in [4.69, 9.17) is 16.3 Å². The monoisotopic (exact) mass is 384 g/mol. The summed E-state index contributed by atoms with van der Waals surface area (Å²) in [7, 11) is -3.36. The molecule has 0 aliphatic carbocycles. The summed E-state index contributed by atoms with van der Waals surface area (Å²) < 4.78 is 28.4. The van der Waals surface area contributed by atoms with E-state index in [0.717, 1.165) is 11.2 Å². The van der Waals surface area contributed by atoms with Gasteiger partial charge in [0.1, 0.15) is 6.61 Å². The molecule has 0 unspecified atom stereocenters. The predicted molar refractivity (Wildman–Crippen MR) is 96.7 cm³/mol. The molecule has 7 heteroatoms. The summed E-state index contributed by atoms with van der Waals surface area (Å²) in [5.74, 6) is 0.0766. The smallest absolute Gasteiger partial charge is 0.338 e. The molecule has 128 valence electrons. The van der Waals surface area contributed by atoms with Gasteiger partial charge in [-0.2, -0.15) is 0 Å². The zero-order chi connectivity index (χ0) is 17.7. The summed E-state index contributed by atoms with van der Waals surface area (Å²) in [6.07, 6.45) is 1.11. The predicted octanol–water partition coefficient (Wildman–Crippen LogP) is 4.00. The normalized spacial score (nSPS) is 11.3. The number of hydrogen-bond acceptors (Lipinski definition) is 5. The van der Waals surface area contributed by atoms with Crippen molar-refractivity contribution in [3.63, 3.8) is 0 Å². The third-order valence-electron chi connectivity index (χ3n) is 3.26. The number of halogens is 1. The van der Waals surface area contributed by atoms with Crippen LogP contribution >= 0.6 is 23.4 Å². The molecule has 0 heterocycles. The summed E-state index contributed by atoms with van der Waals surface area (Å²) in [6, 6.07) is 11.8. The average Bonchev–Trinajstić information content (AvgIpc) is 2.52. The Morgan fingerprint density at radius 2 is 1.83 bits per heavy atom. The lowest BCUT2D eigenvalue weighted by atomic mass is 10.1. The van der Waals surface area contributed by atoms with Gasteiger partial charge in [0.25, 0.3) is 0 Å². The Bertz CT molecular complexity index is 830. The molecule has 0 saturated carbocycles. The molecule has 0 fully saturated rings. The maximum absolute atomic E-state index is 12.2. The molecular formula is C17H17ClO4S2. The van der Waals surface area contributed by atoms with E-state index < -0.39 is 15.8 Å². The third kappa shape index (κ3) is 5.26. The molecule has 2 rings (SSSR count). The number of thioether (sulfide) groups is 1. The maximum atomic E-state index is 12.2. The van der Waals surface area contributed by atoms with Crippen LogP contribution in [-0.4, -0.2) is 33.0 Å². The van der Waals surface area contributed by atoms with Crippen molar-refractivity contribution in [3.05, 3.63) is 58.6 Å². The van der Waals surface area contributed by atoms with Gasteiger partial charge in [-0.05, 0) is 48.9 Å². The number of sulfone groups is 1. The van der Waals surface area contributed by atoms with Gasteiger partial charge in [-0.3, -0.25) is 0 Å². The van der Waals surface area contributed by atoms with E-state index in [-0.39, 0.29) is 17.1 Å². The number of ether oxygens (including phenoxy) is 1. The van der Waals surface area contributed by atoms with Crippen LogP contribution in [0.5, 0.6) is 0 Å². The van der Waals surface area contributed by atoms with Crippen LogP contribution in [0.3, 0.4) is 0 Å². The summed E-state index contributed by atoms with van der Waals surface area (Å²) in [4.78, 5) is 13.3. The third-order valence-corrected chi connectivity index (χ3v) is 5.59. The maximum Gasteiger partial charge on any atom is 0.338 e. The standard InChI is InChI=1S/C17H17ClO4S2/c1-12-3-8-15(24(2,20)21)11-16(12)17(19)22-9-10-23-14-6-4-13(18)5-7-14/h3-8,11H,9-10H2,1-2H3. The summed E-state index contributed by atoms with van der Waals surface area (Å²) in [6.45, 7) is 1.97. The fourth-order valence-corrected chi connectivity index (χ4v) is 3.46. The lowest BCUT2D eigenvalue weighted by Gasteiger charge is -2.09. The van der Waals surface area contributed by atoms with Gasteiger partial charge in [-0.1, -0.05) is 17.7 Å². The van der Waals surface area contributed by atoms with Crippen molar-refractivity contribution in [2.45, 2.75) is 16.7 Å². The van der Waals surface area contributed by atoms with E-state index in [1.54, 1.807) is 36.9 Å². The first kappa shape index (κ1) is 18.8. The Morgan fingerprint density at radius 1 is 1.17 bits per heavy atom. The molecular weight excluding hydrogens is 368 g/mol. The molecule has 24 heavy (non-hydrogen) atoms. The van der Waals surface area contributed by atoms with Crippen LogP contribution in [0.1, 0.15) is 15.9 Å². The summed E-state index contributed by atoms with van der Waals surface area (Å²) in [5.41, 5.74) is 0.951. The zero-order valence-electron chi connectivity index (χ0n) is 13.3. The first-order valence-corrected chi connectivity index (χ1v) is 10.4. The molecule has 0 amide bonds. The molecule has 0 aliphatic rings. The molecule has 0 aliphatic heterocycles. The number of carbonyl (C=O) groups is 1.